The SMILES string of the molecule is CC(C)(C)OC(=O)N(O)C(c1cccs1)C1CCCCC1. The van der Waals surface area contributed by atoms with Crippen LogP contribution in [0, 0.1) is 5.92 Å². The van der Waals surface area contributed by atoms with E-state index in [1.807, 2.05) is 17.5 Å². The Morgan fingerprint density at radius 1 is 1.38 bits per heavy atom. The van der Waals surface area contributed by atoms with Crippen molar-refractivity contribution in [3.8, 4) is 0 Å². The molecule has 1 aromatic rings. The predicted octanol–water partition coefficient (Wildman–Crippen LogP) is 5.00. The van der Waals surface area contributed by atoms with Crippen LogP contribution in [0.15, 0.2) is 17.5 Å². The first kappa shape index (κ1) is 16.3. The fourth-order valence-corrected chi connectivity index (χ4v) is 3.79. The second-order valence-electron chi connectivity index (χ2n) is 6.68. The van der Waals surface area contributed by atoms with E-state index in [1.165, 1.54) is 6.42 Å². The first-order chi connectivity index (χ1) is 9.88. The van der Waals surface area contributed by atoms with E-state index in [9.17, 15) is 10.0 Å². The number of hydroxylamine groups is 2. The lowest BCUT2D eigenvalue weighted by Crippen LogP contribution is -2.40. The smallest absolute Gasteiger partial charge is 0.434 e. The van der Waals surface area contributed by atoms with Gasteiger partial charge in [-0.05, 0) is 51.0 Å². The van der Waals surface area contributed by atoms with E-state index in [0.29, 0.717) is 5.92 Å². The Morgan fingerprint density at radius 3 is 2.57 bits per heavy atom. The second kappa shape index (κ2) is 6.79. The van der Waals surface area contributed by atoms with E-state index >= 15 is 0 Å². The summed E-state index contributed by atoms with van der Waals surface area (Å²) in [5.41, 5.74) is -0.607. The Bertz CT molecular complexity index is 447. The zero-order valence-corrected chi connectivity index (χ0v) is 13.9. The number of amides is 1. The third-order valence-corrected chi connectivity index (χ3v) is 4.72. The molecule has 1 amide bonds. The van der Waals surface area contributed by atoms with E-state index in [2.05, 4.69) is 0 Å². The number of hydrogen-bond acceptors (Lipinski definition) is 4. The zero-order valence-electron chi connectivity index (χ0n) is 13.0. The van der Waals surface area contributed by atoms with Gasteiger partial charge in [0.25, 0.3) is 0 Å². The van der Waals surface area contributed by atoms with Gasteiger partial charge in [-0.1, -0.05) is 25.3 Å². The summed E-state index contributed by atoms with van der Waals surface area (Å²) in [5.74, 6) is 0.301. The van der Waals surface area contributed by atoms with E-state index in [4.69, 9.17) is 4.74 Å². The summed E-state index contributed by atoms with van der Waals surface area (Å²) in [6, 6.07) is 3.65. The molecule has 4 nitrogen and oxygen atoms in total. The average Bonchev–Trinajstić information content (AvgIpc) is 2.92. The van der Waals surface area contributed by atoms with Gasteiger partial charge in [0.1, 0.15) is 5.60 Å². The summed E-state index contributed by atoms with van der Waals surface area (Å²) in [6.45, 7) is 5.42. The van der Waals surface area contributed by atoms with Crippen molar-refractivity contribution in [2.45, 2.75) is 64.5 Å². The maximum absolute atomic E-state index is 12.2. The molecule has 1 aliphatic rings. The molecule has 0 radical (unpaired) electrons. The quantitative estimate of drug-likeness (QED) is 0.631. The normalized spacial score (nSPS) is 18.3. The van der Waals surface area contributed by atoms with Crippen molar-refractivity contribution in [3.63, 3.8) is 0 Å². The molecule has 1 aromatic heterocycles. The molecule has 5 heteroatoms. The largest absolute Gasteiger partial charge is 0.442 e. The molecule has 0 bridgehead atoms. The summed E-state index contributed by atoms with van der Waals surface area (Å²) in [5, 5.41) is 13.2. The molecule has 0 aliphatic heterocycles. The van der Waals surface area contributed by atoms with Crippen LogP contribution in [-0.2, 0) is 4.74 Å². The Kier molecular flexibility index (Phi) is 5.27. The van der Waals surface area contributed by atoms with Crippen molar-refractivity contribution in [1.29, 1.82) is 0 Å². The van der Waals surface area contributed by atoms with Crippen LogP contribution >= 0.6 is 11.3 Å². The summed E-state index contributed by atoms with van der Waals surface area (Å²) < 4.78 is 5.31. The van der Waals surface area contributed by atoms with Crippen molar-refractivity contribution in [2.75, 3.05) is 0 Å². The number of carbonyl (C=O) groups is 1. The monoisotopic (exact) mass is 311 g/mol. The maximum Gasteiger partial charge on any atom is 0.434 e. The van der Waals surface area contributed by atoms with Gasteiger partial charge in [-0.15, -0.1) is 11.3 Å². The summed E-state index contributed by atoms with van der Waals surface area (Å²) in [6.07, 6.45) is 4.99. The van der Waals surface area contributed by atoms with Gasteiger partial charge >= 0.3 is 6.09 Å². The number of ether oxygens (including phenoxy) is 1. The molecule has 1 aliphatic carbocycles. The van der Waals surface area contributed by atoms with Gasteiger partial charge in [0.2, 0.25) is 0 Å². The zero-order chi connectivity index (χ0) is 15.5. The molecule has 118 valence electrons. The Labute approximate surface area is 130 Å². The number of hydrogen-bond donors (Lipinski definition) is 1. The number of rotatable bonds is 3. The molecule has 0 aromatic carbocycles. The van der Waals surface area contributed by atoms with Crippen LogP contribution in [0.1, 0.15) is 63.8 Å². The number of nitrogens with zero attached hydrogens (tertiary/aromatic N) is 1. The molecule has 2 rings (SSSR count). The Morgan fingerprint density at radius 2 is 2.05 bits per heavy atom. The third-order valence-electron chi connectivity index (χ3n) is 3.78. The number of carbonyl (C=O) groups excluding carboxylic acids is 1. The molecule has 1 heterocycles. The van der Waals surface area contributed by atoms with Crippen LogP contribution in [0.25, 0.3) is 0 Å². The van der Waals surface area contributed by atoms with Gasteiger partial charge in [-0.2, -0.15) is 5.06 Å². The molecule has 1 N–H and O–H groups in total. The van der Waals surface area contributed by atoms with Crippen LogP contribution in [0.5, 0.6) is 0 Å². The van der Waals surface area contributed by atoms with Gasteiger partial charge in [-0.3, -0.25) is 5.21 Å². The standard InChI is InChI=1S/C16H25NO3S/c1-16(2,3)20-15(18)17(19)14(13-10-7-11-21-13)12-8-5-4-6-9-12/h7,10-12,14,19H,4-6,8-9H2,1-3H3. The van der Waals surface area contributed by atoms with Gasteiger partial charge in [0.05, 0.1) is 6.04 Å². The summed E-state index contributed by atoms with van der Waals surface area (Å²) in [4.78, 5) is 13.2. The molecule has 1 saturated carbocycles. The molecule has 21 heavy (non-hydrogen) atoms. The lowest BCUT2D eigenvalue weighted by molar-refractivity contribution is -0.136. The lowest BCUT2D eigenvalue weighted by Gasteiger charge is -2.35. The van der Waals surface area contributed by atoms with Gasteiger partial charge in [0, 0.05) is 4.88 Å². The molecular weight excluding hydrogens is 286 g/mol. The fraction of sp³-hybridized carbons (Fsp3) is 0.688. The molecule has 0 spiro atoms. The summed E-state index contributed by atoms with van der Waals surface area (Å²) in [7, 11) is 0. The minimum Gasteiger partial charge on any atom is -0.442 e. The van der Waals surface area contributed by atoms with Gasteiger partial charge < -0.3 is 4.74 Å². The lowest BCUT2D eigenvalue weighted by atomic mass is 9.83. The topological polar surface area (TPSA) is 49.8 Å². The van der Waals surface area contributed by atoms with Gasteiger partial charge in [-0.25, -0.2) is 4.79 Å². The minimum absolute atomic E-state index is 0.292. The molecule has 0 saturated heterocycles. The third kappa shape index (κ3) is 4.45. The van der Waals surface area contributed by atoms with Crippen molar-refractivity contribution in [3.05, 3.63) is 22.4 Å². The first-order valence-corrected chi connectivity index (χ1v) is 8.51. The van der Waals surface area contributed by atoms with Crippen LogP contribution in [0.3, 0.4) is 0 Å². The average molecular weight is 311 g/mol. The van der Waals surface area contributed by atoms with E-state index in [-0.39, 0.29) is 6.04 Å². The van der Waals surface area contributed by atoms with Crippen LogP contribution in [-0.4, -0.2) is 22.0 Å². The molecule has 1 unspecified atom stereocenters. The van der Waals surface area contributed by atoms with Crippen molar-refractivity contribution in [1.82, 2.24) is 5.06 Å². The summed E-state index contributed by atoms with van der Waals surface area (Å²) >= 11 is 1.58. The highest BCUT2D eigenvalue weighted by molar-refractivity contribution is 7.10. The number of thiophene rings is 1. The minimum atomic E-state index is -0.661. The Hall–Kier alpha value is -1.07. The molecule has 1 fully saturated rings. The van der Waals surface area contributed by atoms with Gasteiger partial charge in [0.15, 0.2) is 0 Å². The van der Waals surface area contributed by atoms with Crippen LogP contribution < -0.4 is 0 Å². The van der Waals surface area contributed by atoms with Crippen molar-refractivity contribution >= 4 is 17.4 Å². The first-order valence-electron chi connectivity index (χ1n) is 7.63. The highest BCUT2D eigenvalue weighted by Crippen LogP contribution is 2.39. The van der Waals surface area contributed by atoms with Crippen LogP contribution in [0.2, 0.25) is 0 Å². The van der Waals surface area contributed by atoms with E-state index in [1.54, 1.807) is 32.1 Å². The Balaban J connectivity index is 2.16. The van der Waals surface area contributed by atoms with Crippen molar-refractivity contribution < 1.29 is 14.7 Å². The van der Waals surface area contributed by atoms with Crippen LogP contribution in [0.4, 0.5) is 4.79 Å². The predicted molar refractivity (Wildman–Crippen MR) is 83.5 cm³/mol. The van der Waals surface area contributed by atoms with E-state index in [0.717, 1.165) is 35.6 Å². The van der Waals surface area contributed by atoms with Crippen molar-refractivity contribution in [2.24, 2.45) is 5.92 Å². The second-order valence-corrected chi connectivity index (χ2v) is 7.66. The fourth-order valence-electron chi connectivity index (χ4n) is 2.88. The highest BCUT2D eigenvalue weighted by Gasteiger charge is 2.35. The van der Waals surface area contributed by atoms with E-state index < -0.39 is 11.7 Å². The molecule has 1 atom stereocenters. The highest BCUT2D eigenvalue weighted by atomic mass is 32.1. The molecular formula is C16H25NO3S. The maximum atomic E-state index is 12.2.